The van der Waals surface area contributed by atoms with Gasteiger partial charge in [0.25, 0.3) is 0 Å². The number of nitrogens with one attached hydrogen (secondary N) is 2. The lowest BCUT2D eigenvalue weighted by atomic mass is 9.52. The Hall–Kier alpha value is -1.64. The summed E-state index contributed by atoms with van der Waals surface area (Å²) in [6.07, 6.45) is -1.67. The van der Waals surface area contributed by atoms with E-state index >= 15 is 0 Å². The highest BCUT2D eigenvalue weighted by molar-refractivity contribution is 7.51. The molecule has 3 saturated heterocycles. The largest absolute Gasteiger partial charge is 0.451 e. The quantitative estimate of drug-likeness (QED) is 0.112. The van der Waals surface area contributed by atoms with Gasteiger partial charge >= 0.3 is 13.7 Å². The van der Waals surface area contributed by atoms with Crippen molar-refractivity contribution in [2.45, 2.75) is 93.0 Å². The van der Waals surface area contributed by atoms with Gasteiger partial charge in [0.05, 0.1) is 12.0 Å². The molecule has 6 N–H and O–H groups in total. The van der Waals surface area contributed by atoms with Gasteiger partial charge < -0.3 is 39.6 Å². The summed E-state index contributed by atoms with van der Waals surface area (Å²) in [7, 11) is -2.96. The third-order valence-electron chi connectivity index (χ3n) is 12.0. The van der Waals surface area contributed by atoms with Gasteiger partial charge in [-0.1, -0.05) is 27.4 Å². The van der Waals surface area contributed by atoms with Gasteiger partial charge in [-0.3, -0.25) is 9.05 Å². The van der Waals surface area contributed by atoms with E-state index in [4.69, 9.17) is 23.3 Å². The topological polar surface area (TPSA) is 189 Å². The first-order valence-corrected chi connectivity index (χ1v) is 15.9. The fourth-order valence-corrected chi connectivity index (χ4v) is 12.2. The predicted molar refractivity (Wildman–Crippen MR) is 144 cm³/mol. The Morgan fingerprint density at radius 2 is 2.00 bits per heavy atom. The molecule has 4 heterocycles. The second-order valence-electron chi connectivity index (χ2n) is 13.5. The second-order valence-corrected chi connectivity index (χ2v) is 15.3. The molecule has 4 aliphatic carbocycles. The number of rotatable bonds is 7. The average molecular weight is 611 g/mol. The van der Waals surface area contributed by atoms with Gasteiger partial charge in [0.2, 0.25) is 0 Å². The van der Waals surface area contributed by atoms with Crippen LogP contribution < -0.4 is 5.09 Å². The molecule has 7 fully saturated rings. The molecule has 3 aliphatic heterocycles. The summed E-state index contributed by atoms with van der Waals surface area (Å²) in [4.78, 5) is 16.3. The van der Waals surface area contributed by atoms with Crippen LogP contribution in [0.4, 0.5) is 0 Å². The van der Waals surface area contributed by atoms with E-state index in [2.05, 4.69) is 16.7 Å². The number of ether oxygens (including phenoxy) is 3. The fraction of sp³-hybridized carbons (Fsp3) is 0.750. The monoisotopic (exact) mass is 610 g/mol. The summed E-state index contributed by atoms with van der Waals surface area (Å²) >= 11 is 0. The zero-order valence-corrected chi connectivity index (χ0v) is 25.2. The van der Waals surface area contributed by atoms with Gasteiger partial charge in [-0.2, -0.15) is 0 Å². The SMILES string of the molecule is C=C1CC[C@]2(O)[C@]3(C)C[C@]4(O)O[C@]25[C@@H]1OP(=O)(NCCOC)O[C@]51[C@@]3(O)[C@H](OC(=O)c2ccc[nH]2)[C@](O)(C(C)C)[C@@]14C. The van der Waals surface area contributed by atoms with E-state index in [-0.39, 0.29) is 38.1 Å². The molecule has 0 amide bonds. The van der Waals surface area contributed by atoms with Gasteiger partial charge in [0.15, 0.2) is 23.1 Å². The molecule has 1 aromatic heterocycles. The molecule has 232 valence electrons. The van der Waals surface area contributed by atoms with Crippen molar-refractivity contribution in [2.75, 3.05) is 20.3 Å². The Kier molecular flexibility index (Phi) is 5.51. The summed E-state index contributed by atoms with van der Waals surface area (Å²) in [5.74, 6) is -3.92. The molecule has 2 spiro atoms. The number of esters is 1. The van der Waals surface area contributed by atoms with Crippen molar-refractivity contribution in [2.24, 2.45) is 16.7 Å². The maximum Gasteiger partial charge on any atom is 0.407 e. The Bertz CT molecular complexity index is 1440. The van der Waals surface area contributed by atoms with Crippen LogP contribution in [0.2, 0.25) is 0 Å². The van der Waals surface area contributed by atoms with Gasteiger partial charge in [-0.15, -0.1) is 0 Å². The molecule has 4 saturated carbocycles. The molecular weight excluding hydrogens is 571 g/mol. The summed E-state index contributed by atoms with van der Waals surface area (Å²) in [5.41, 5.74) is -14.4. The molecule has 0 radical (unpaired) electrons. The van der Waals surface area contributed by atoms with Crippen LogP contribution >= 0.6 is 7.75 Å². The van der Waals surface area contributed by atoms with Crippen molar-refractivity contribution in [1.82, 2.24) is 10.1 Å². The standard InChI is InChI=1S/C28H39N2O11P/c1-15(2)25(34)20(38-19(31)17-8-7-11-29-17)26(35)21(4)14-24(33)22(25,5)28(26)27(40-24)18(16(3)9-10-23(21,27)32)39-42(36,41-28)30-12-13-37-6/h7-8,11,15,18,20,29,32-35H,3,9-10,12-14H2,1-2,4-6H3,(H,30,36)/t18-,20-,21+,22+,23+,24+,25-,26-,27-,28-,42?/m1/s1. The summed E-state index contributed by atoms with van der Waals surface area (Å²) in [6, 6.07) is 3.08. The Labute approximate surface area is 243 Å². The minimum atomic E-state index is -4.42. The second kappa shape index (κ2) is 7.95. The Balaban J connectivity index is 1.56. The molecular formula is C28H39N2O11P. The molecule has 7 aliphatic rings. The van der Waals surface area contributed by atoms with Crippen molar-refractivity contribution in [3.63, 3.8) is 0 Å². The highest BCUT2D eigenvalue weighted by Gasteiger charge is 3.12. The molecule has 1 unspecified atom stereocenters. The third kappa shape index (κ3) is 2.43. The predicted octanol–water partition coefficient (Wildman–Crippen LogP) is 1.14. The molecule has 0 aromatic carbocycles. The van der Waals surface area contributed by atoms with E-state index in [1.807, 2.05) is 0 Å². The molecule has 11 atom stereocenters. The van der Waals surface area contributed by atoms with E-state index < -0.39 is 76.5 Å². The van der Waals surface area contributed by atoms with Gasteiger partial charge in [-0.05, 0) is 43.4 Å². The molecule has 6 bridgehead atoms. The van der Waals surface area contributed by atoms with Crippen molar-refractivity contribution in [1.29, 1.82) is 0 Å². The lowest BCUT2D eigenvalue weighted by molar-refractivity contribution is -0.381. The van der Waals surface area contributed by atoms with E-state index in [1.165, 1.54) is 26.3 Å². The highest BCUT2D eigenvalue weighted by Crippen LogP contribution is 2.94. The molecule has 8 rings (SSSR count). The Morgan fingerprint density at radius 3 is 2.62 bits per heavy atom. The van der Waals surface area contributed by atoms with Crippen molar-refractivity contribution in [3.05, 3.63) is 36.2 Å². The lowest BCUT2D eigenvalue weighted by Crippen LogP contribution is -2.77. The number of aliphatic hydroxyl groups is 4. The summed E-state index contributed by atoms with van der Waals surface area (Å²) in [5, 5.41) is 54.6. The first kappa shape index (κ1) is 29.1. The van der Waals surface area contributed by atoms with E-state index in [9.17, 15) is 29.8 Å². The average Bonchev–Trinajstić information content (AvgIpc) is 3.55. The van der Waals surface area contributed by atoms with Crippen LogP contribution in [0.3, 0.4) is 0 Å². The van der Waals surface area contributed by atoms with Crippen LogP contribution in [0.1, 0.15) is 57.4 Å². The van der Waals surface area contributed by atoms with Crippen molar-refractivity contribution >= 4 is 13.7 Å². The summed E-state index contributed by atoms with van der Waals surface area (Å²) in [6.45, 7) is 10.7. The molecule has 1 aromatic rings. The van der Waals surface area contributed by atoms with Crippen molar-refractivity contribution < 1.29 is 53.0 Å². The fourth-order valence-electron chi connectivity index (χ4n) is 10.3. The van der Waals surface area contributed by atoms with Gasteiger partial charge in [-0.25, -0.2) is 14.4 Å². The van der Waals surface area contributed by atoms with Crippen LogP contribution in [0.25, 0.3) is 0 Å². The number of hydrogen-bond donors (Lipinski definition) is 6. The normalized spacial score (nSPS) is 55.0. The number of hydrogen-bond acceptors (Lipinski definition) is 11. The summed E-state index contributed by atoms with van der Waals surface area (Å²) < 4.78 is 45.0. The smallest absolute Gasteiger partial charge is 0.407 e. The minimum Gasteiger partial charge on any atom is -0.451 e. The molecule has 42 heavy (non-hydrogen) atoms. The molecule has 13 nitrogen and oxygen atoms in total. The van der Waals surface area contributed by atoms with Gasteiger partial charge in [0.1, 0.15) is 28.6 Å². The maximum absolute atomic E-state index is 14.6. The Morgan fingerprint density at radius 1 is 1.29 bits per heavy atom. The number of methoxy groups -OCH3 is 1. The van der Waals surface area contributed by atoms with E-state index in [0.717, 1.165) is 0 Å². The van der Waals surface area contributed by atoms with Crippen molar-refractivity contribution in [3.8, 4) is 0 Å². The minimum absolute atomic E-state index is 0.0253. The van der Waals surface area contributed by atoms with Gasteiger partial charge in [0, 0.05) is 31.7 Å². The van der Waals surface area contributed by atoms with Crippen LogP contribution in [0.15, 0.2) is 30.5 Å². The number of aromatic amines is 1. The first-order valence-electron chi connectivity index (χ1n) is 14.3. The number of aromatic nitrogens is 1. The van der Waals surface area contributed by atoms with Crippen LogP contribution in [0.5, 0.6) is 0 Å². The highest BCUT2D eigenvalue weighted by atomic mass is 31.2. The zero-order valence-electron chi connectivity index (χ0n) is 24.3. The first-order chi connectivity index (χ1) is 19.5. The van der Waals surface area contributed by atoms with Crippen LogP contribution in [-0.2, 0) is 27.8 Å². The van der Waals surface area contributed by atoms with Crippen LogP contribution in [-0.4, -0.2) is 97.6 Å². The zero-order chi connectivity index (χ0) is 30.6. The van der Waals surface area contributed by atoms with E-state index in [1.54, 1.807) is 26.8 Å². The lowest BCUT2D eigenvalue weighted by Gasteiger charge is -2.60. The number of carbonyl (C=O) groups excluding carboxylic acids is 1. The molecule has 14 heteroatoms. The number of H-pyrrole nitrogens is 1. The number of carbonyl (C=O) groups is 1. The third-order valence-corrected chi connectivity index (χ3v) is 13.6. The maximum atomic E-state index is 14.6. The van der Waals surface area contributed by atoms with E-state index in [0.29, 0.717) is 5.57 Å². The van der Waals surface area contributed by atoms with Crippen LogP contribution in [0, 0.1) is 16.7 Å².